The molecule has 0 aromatic heterocycles. The molecule has 2 aliphatic carbocycles. The van der Waals surface area contributed by atoms with E-state index in [1.165, 1.54) is 18.1 Å². The minimum atomic E-state index is -1.45. The molecule has 3 aromatic carbocycles. The van der Waals surface area contributed by atoms with Gasteiger partial charge in [0.05, 0.1) is 36.0 Å². The number of phenolic OH excluding ortho intramolecular Hbond substituents is 1. The quantitative estimate of drug-likeness (QED) is 0.309. The summed E-state index contributed by atoms with van der Waals surface area (Å²) in [6.07, 6.45) is 2.52. The van der Waals surface area contributed by atoms with Crippen LogP contribution >= 0.6 is 0 Å². The zero-order valence-corrected chi connectivity index (χ0v) is 25.4. The number of phenols is 1. The van der Waals surface area contributed by atoms with E-state index in [9.17, 15) is 19.5 Å². The number of fused-ring (bicyclic) bond motifs is 4. The summed E-state index contributed by atoms with van der Waals surface area (Å²) in [6, 6.07) is 21.5. The summed E-state index contributed by atoms with van der Waals surface area (Å²) in [5, 5.41) is 12.6. The molecule has 3 aromatic rings. The molecule has 2 heterocycles. The lowest BCUT2D eigenvalue weighted by atomic mass is 9.49. The molecular formula is C36H35N3O6. The summed E-state index contributed by atoms with van der Waals surface area (Å²) in [5.74, 6) is -4.22. The van der Waals surface area contributed by atoms with E-state index in [4.69, 9.17) is 4.74 Å². The predicted octanol–water partition coefficient (Wildman–Crippen LogP) is 4.71. The van der Waals surface area contributed by atoms with Crippen molar-refractivity contribution in [3.05, 3.63) is 101 Å². The second-order valence-corrected chi connectivity index (χ2v) is 12.4. The van der Waals surface area contributed by atoms with Crippen molar-refractivity contribution in [1.82, 2.24) is 9.91 Å². The topological polar surface area (TPSA) is 116 Å². The SMILES string of the molecule is CCN1C(=O)[C@H]2[C@H](CC=C3[C@H]2C[C@H]2C(=O)N(Nc4ccc(C)cc4)C(=O)[C@@]2(c2ccccc2)[C@H]3c2cc(OC)ccc2O)C1=O. The Hall–Kier alpha value is -4.92. The van der Waals surface area contributed by atoms with Crippen LogP contribution < -0.4 is 10.2 Å². The highest BCUT2D eigenvalue weighted by molar-refractivity contribution is 6.13. The standard InChI is InChI=1S/C36H35N3O6/c1-4-38-32(41)25-16-15-24-26(30(25)34(38)43)19-28-33(42)39(37-22-12-10-20(2)11-13-22)35(44)36(28,21-8-6-5-7-9-21)31(24)27-18-23(45-3)14-17-29(27)40/h5-15,17-18,25-26,28,30-31,37,40H,4,16,19H2,1-3H3/t25-,26+,28-,30-,31+,36+/m0/s1. The van der Waals surface area contributed by atoms with Crippen LogP contribution in [-0.2, 0) is 24.6 Å². The number of allylic oxidation sites excluding steroid dienone is 2. The van der Waals surface area contributed by atoms with Crippen LogP contribution in [0.4, 0.5) is 5.69 Å². The Bertz CT molecular complexity index is 1750. The van der Waals surface area contributed by atoms with Crippen molar-refractivity contribution in [2.75, 3.05) is 19.1 Å². The van der Waals surface area contributed by atoms with Crippen molar-refractivity contribution >= 4 is 29.3 Å². The van der Waals surface area contributed by atoms with Gasteiger partial charge in [-0.3, -0.25) is 29.5 Å². The number of hydrazine groups is 1. The number of rotatable bonds is 6. The first-order valence-corrected chi connectivity index (χ1v) is 15.4. The number of methoxy groups -OCH3 is 1. The number of carbonyl (C=O) groups is 4. The zero-order valence-electron chi connectivity index (χ0n) is 25.4. The van der Waals surface area contributed by atoms with Crippen LogP contribution in [0, 0.1) is 30.6 Å². The number of aryl methyl sites for hydroxylation is 1. The van der Waals surface area contributed by atoms with Gasteiger partial charge >= 0.3 is 0 Å². The fourth-order valence-corrected chi connectivity index (χ4v) is 8.36. The van der Waals surface area contributed by atoms with Gasteiger partial charge in [0.2, 0.25) is 11.8 Å². The lowest BCUT2D eigenvalue weighted by molar-refractivity contribution is -0.141. The van der Waals surface area contributed by atoms with Crippen LogP contribution in [0.3, 0.4) is 0 Å². The van der Waals surface area contributed by atoms with Gasteiger partial charge in [0, 0.05) is 18.0 Å². The number of ether oxygens (including phenoxy) is 1. The Balaban J connectivity index is 1.48. The largest absolute Gasteiger partial charge is 0.508 e. The van der Waals surface area contributed by atoms with E-state index in [2.05, 4.69) is 5.43 Å². The predicted molar refractivity (Wildman–Crippen MR) is 166 cm³/mol. The lowest BCUT2D eigenvalue weighted by Gasteiger charge is -2.50. The summed E-state index contributed by atoms with van der Waals surface area (Å²) >= 11 is 0. The molecule has 2 aliphatic heterocycles. The maximum Gasteiger partial charge on any atom is 0.260 e. The molecule has 0 spiro atoms. The Morgan fingerprint density at radius 3 is 2.36 bits per heavy atom. The van der Waals surface area contributed by atoms with Crippen molar-refractivity contribution in [2.24, 2.45) is 23.7 Å². The first-order valence-electron chi connectivity index (χ1n) is 15.4. The monoisotopic (exact) mass is 605 g/mol. The molecule has 9 heteroatoms. The van der Waals surface area contributed by atoms with Crippen molar-refractivity contribution < 1.29 is 29.0 Å². The highest BCUT2D eigenvalue weighted by Gasteiger charge is 2.70. The zero-order chi connectivity index (χ0) is 31.6. The third-order valence-corrected chi connectivity index (χ3v) is 10.3. The van der Waals surface area contributed by atoms with Gasteiger partial charge in [-0.15, -0.1) is 0 Å². The van der Waals surface area contributed by atoms with E-state index in [1.54, 1.807) is 19.1 Å². The Morgan fingerprint density at radius 2 is 1.67 bits per heavy atom. The second kappa shape index (κ2) is 10.6. The number of imide groups is 2. The van der Waals surface area contributed by atoms with Gasteiger partial charge in [0.15, 0.2) is 0 Å². The average molecular weight is 606 g/mol. The summed E-state index contributed by atoms with van der Waals surface area (Å²) < 4.78 is 5.56. The van der Waals surface area contributed by atoms with E-state index < -0.39 is 46.8 Å². The summed E-state index contributed by atoms with van der Waals surface area (Å²) in [7, 11) is 1.53. The number of aromatic hydroxyl groups is 1. The van der Waals surface area contributed by atoms with Crippen LogP contribution in [0.25, 0.3) is 0 Å². The number of amides is 4. The first-order chi connectivity index (χ1) is 21.7. The number of hydrogen-bond donors (Lipinski definition) is 2. The molecular weight excluding hydrogens is 570 g/mol. The number of carbonyl (C=O) groups excluding carboxylic acids is 4. The van der Waals surface area contributed by atoms with Gasteiger partial charge in [-0.25, -0.2) is 0 Å². The first kappa shape index (κ1) is 28.8. The van der Waals surface area contributed by atoms with Gasteiger partial charge in [-0.05, 0) is 68.5 Å². The fraction of sp³-hybridized carbons (Fsp3) is 0.333. The minimum Gasteiger partial charge on any atom is -0.508 e. The average Bonchev–Trinajstić information content (AvgIpc) is 3.43. The number of anilines is 1. The molecule has 4 amide bonds. The highest BCUT2D eigenvalue weighted by Crippen LogP contribution is 2.65. The molecule has 0 unspecified atom stereocenters. The van der Waals surface area contributed by atoms with Crippen molar-refractivity contribution in [3.63, 3.8) is 0 Å². The van der Waals surface area contributed by atoms with E-state index in [-0.39, 0.29) is 30.5 Å². The second-order valence-electron chi connectivity index (χ2n) is 12.4. The van der Waals surface area contributed by atoms with Crippen molar-refractivity contribution in [3.8, 4) is 11.5 Å². The molecule has 1 saturated carbocycles. The number of benzene rings is 3. The molecule has 230 valence electrons. The molecule has 9 nitrogen and oxygen atoms in total. The van der Waals surface area contributed by atoms with Gasteiger partial charge in [0.25, 0.3) is 11.8 Å². The summed E-state index contributed by atoms with van der Waals surface area (Å²) in [4.78, 5) is 58.1. The van der Waals surface area contributed by atoms with Crippen LogP contribution in [0.2, 0.25) is 0 Å². The van der Waals surface area contributed by atoms with Crippen LogP contribution in [0.5, 0.6) is 11.5 Å². The lowest BCUT2D eigenvalue weighted by Crippen LogP contribution is -2.53. The third kappa shape index (κ3) is 4.06. The van der Waals surface area contributed by atoms with Gasteiger partial charge in [-0.1, -0.05) is 59.7 Å². The Kier molecular flexibility index (Phi) is 6.80. The normalized spacial score (nSPS) is 28.9. The molecule has 45 heavy (non-hydrogen) atoms. The minimum absolute atomic E-state index is 0.0484. The maximum absolute atomic E-state index is 15.1. The van der Waals surface area contributed by atoms with Crippen LogP contribution in [0.1, 0.15) is 42.4 Å². The highest BCUT2D eigenvalue weighted by atomic mass is 16.5. The van der Waals surface area contributed by atoms with E-state index in [1.807, 2.05) is 67.6 Å². The molecule has 3 fully saturated rings. The number of hydrogen-bond acceptors (Lipinski definition) is 7. The molecule has 2 saturated heterocycles. The van der Waals surface area contributed by atoms with Crippen molar-refractivity contribution in [2.45, 2.75) is 38.0 Å². The molecule has 7 rings (SSSR count). The molecule has 6 atom stereocenters. The maximum atomic E-state index is 15.1. The van der Waals surface area contributed by atoms with Crippen molar-refractivity contribution in [1.29, 1.82) is 0 Å². The van der Waals surface area contributed by atoms with Crippen LogP contribution in [0.15, 0.2) is 84.4 Å². The van der Waals surface area contributed by atoms with Gasteiger partial charge < -0.3 is 9.84 Å². The molecule has 0 radical (unpaired) electrons. The number of nitrogens with one attached hydrogen (secondary N) is 1. The van der Waals surface area contributed by atoms with E-state index in [0.29, 0.717) is 29.0 Å². The third-order valence-electron chi connectivity index (χ3n) is 10.3. The Morgan fingerprint density at radius 1 is 0.933 bits per heavy atom. The summed E-state index contributed by atoms with van der Waals surface area (Å²) in [5.41, 5.74) is 5.10. The van der Waals surface area contributed by atoms with Crippen LogP contribution in [-0.4, -0.2) is 52.3 Å². The number of likely N-dealkylation sites (tertiary alicyclic amines) is 1. The fourth-order valence-electron chi connectivity index (χ4n) is 8.36. The van der Waals surface area contributed by atoms with Gasteiger partial charge in [0.1, 0.15) is 11.5 Å². The smallest absolute Gasteiger partial charge is 0.260 e. The molecule has 2 N–H and O–H groups in total. The number of nitrogens with zero attached hydrogens (tertiary/aromatic N) is 2. The molecule has 0 bridgehead atoms. The molecule has 4 aliphatic rings. The van der Waals surface area contributed by atoms with Gasteiger partial charge in [-0.2, -0.15) is 5.01 Å². The van der Waals surface area contributed by atoms with E-state index in [0.717, 1.165) is 16.1 Å². The Labute approximate surface area is 261 Å². The van der Waals surface area contributed by atoms with E-state index >= 15 is 4.79 Å². The summed E-state index contributed by atoms with van der Waals surface area (Å²) in [6.45, 7) is 4.01.